The largest absolute Gasteiger partial charge is 0.475 e. The van der Waals surface area contributed by atoms with Crippen molar-refractivity contribution in [3.05, 3.63) is 35.9 Å². The molecule has 1 rings (SSSR count). The van der Waals surface area contributed by atoms with Gasteiger partial charge in [-0.15, -0.1) is 0 Å². The van der Waals surface area contributed by atoms with Crippen molar-refractivity contribution in [2.45, 2.75) is 12.5 Å². The van der Waals surface area contributed by atoms with Crippen molar-refractivity contribution in [2.75, 3.05) is 7.05 Å². The van der Waals surface area contributed by atoms with Crippen molar-refractivity contribution < 1.29 is 14.7 Å². The van der Waals surface area contributed by atoms with Crippen LogP contribution in [0.4, 0.5) is 0 Å². The van der Waals surface area contributed by atoms with Crippen molar-refractivity contribution >= 4 is 11.8 Å². The Morgan fingerprint density at radius 2 is 1.93 bits per heavy atom. The number of aliphatic carboxylic acids is 1. The van der Waals surface area contributed by atoms with Gasteiger partial charge >= 0.3 is 5.97 Å². The summed E-state index contributed by atoms with van der Waals surface area (Å²) >= 11 is 0. The molecule has 1 aromatic rings. The molecule has 0 spiro atoms. The molecule has 0 bridgehead atoms. The number of nitrogens with one attached hydrogen (secondary N) is 1. The van der Waals surface area contributed by atoms with E-state index >= 15 is 0 Å². The molecule has 15 heavy (non-hydrogen) atoms. The summed E-state index contributed by atoms with van der Waals surface area (Å²) in [5.41, 5.74) is 0.937. The molecule has 1 aromatic carbocycles. The van der Waals surface area contributed by atoms with Gasteiger partial charge < -0.3 is 10.4 Å². The lowest BCUT2D eigenvalue weighted by Gasteiger charge is -2.12. The topological polar surface area (TPSA) is 66.4 Å². The number of carboxylic acid groups (broad SMARTS) is 1. The summed E-state index contributed by atoms with van der Waals surface area (Å²) in [6.45, 7) is 0. The van der Waals surface area contributed by atoms with E-state index in [9.17, 15) is 9.59 Å². The maximum atomic E-state index is 11.2. The average Bonchev–Trinajstić information content (AvgIpc) is 2.26. The number of ketones is 1. The Morgan fingerprint density at radius 3 is 2.40 bits per heavy atom. The molecule has 0 aromatic heterocycles. The Balaban J connectivity index is 2.70. The molecular formula is C11H13NO3. The molecule has 1 atom stereocenters. The molecule has 4 heteroatoms. The van der Waals surface area contributed by atoms with Gasteiger partial charge in [-0.1, -0.05) is 30.3 Å². The molecule has 80 valence electrons. The number of likely N-dealkylation sites (N-methyl/N-ethyl adjacent to an activating group) is 1. The zero-order valence-corrected chi connectivity index (χ0v) is 8.43. The van der Waals surface area contributed by atoms with Crippen LogP contribution in [0, 0.1) is 0 Å². The summed E-state index contributed by atoms with van der Waals surface area (Å²) in [5.74, 6) is -2.20. The molecular weight excluding hydrogens is 194 g/mol. The number of benzene rings is 1. The Labute approximate surface area is 87.9 Å². The predicted molar refractivity (Wildman–Crippen MR) is 55.6 cm³/mol. The predicted octanol–water partition coefficient (Wildman–Crippen LogP) is 0.471. The van der Waals surface area contributed by atoms with Gasteiger partial charge in [0, 0.05) is 0 Å². The van der Waals surface area contributed by atoms with Gasteiger partial charge in [0.05, 0.1) is 6.04 Å². The summed E-state index contributed by atoms with van der Waals surface area (Å²) in [7, 11) is 1.58. The van der Waals surface area contributed by atoms with E-state index in [-0.39, 0.29) is 0 Å². The van der Waals surface area contributed by atoms with Crippen LogP contribution < -0.4 is 5.32 Å². The van der Waals surface area contributed by atoms with Crippen molar-refractivity contribution in [3.8, 4) is 0 Å². The number of carboxylic acids is 1. The van der Waals surface area contributed by atoms with E-state index in [2.05, 4.69) is 5.32 Å². The monoisotopic (exact) mass is 207 g/mol. The maximum Gasteiger partial charge on any atom is 0.373 e. The van der Waals surface area contributed by atoms with E-state index in [1.165, 1.54) is 0 Å². The van der Waals surface area contributed by atoms with Crippen molar-refractivity contribution in [3.63, 3.8) is 0 Å². The molecule has 0 fully saturated rings. The summed E-state index contributed by atoms with van der Waals surface area (Å²) in [4.78, 5) is 21.7. The summed E-state index contributed by atoms with van der Waals surface area (Å²) in [6.07, 6.45) is 0.391. The lowest BCUT2D eigenvalue weighted by atomic mass is 10.0. The van der Waals surface area contributed by atoms with E-state index in [4.69, 9.17) is 5.11 Å². The number of Topliss-reactive ketones (excluding diaryl/α,β-unsaturated/α-hetero) is 1. The fourth-order valence-electron chi connectivity index (χ4n) is 1.32. The van der Waals surface area contributed by atoms with Crippen LogP contribution >= 0.6 is 0 Å². The number of hydrogen-bond acceptors (Lipinski definition) is 3. The molecule has 0 aliphatic carbocycles. The van der Waals surface area contributed by atoms with Gasteiger partial charge in [0.2, 0.25) is 0 Å². The van der Waals surface area contributed by atoms with E-state index in [1.807, 2.05) is 30.3 Å². The standard InChI is InChI=1S/C11H13NO3/c1-12-9(10(13)11(14)15)7-8-5-3-2-4-6-8/h2-6,9,12H,7H2,1H3,(H,14,15)/t9-/m0/s1. The lowest BCUT2D eigenvalue weighted by molar-refractivity contribution is -0.150. The quantitative estimate of drug-likeness (QED) is 0.689. The number of carbonyl (C=O) groups is 2. The van der Waals surface area contributed by atoms with Crippen molar-refractivity contribution in [1.29, 1.82) is 0 Å². The highest BCUT2D eigenvalue weighted by molar-refractivity contribution is 6.34. The molecule has 0 amide bonds. The first-order valence-corrected chi connectivity index (χ1v) is 4.63. The molecule has 0 aliphatic rings. The summed E-state index contributed by atoms with van der Waals surface area (Å²) in [5, 5.41) is 11.3. The minimum absolute atomic E-state index is 0.391. The molecule has 0 saturated carbocycles. The SMILES string of the molecule is CN[C@@H](Cc1ccccc1)C(=O)C(=O)O. The normalized spacial score (nSPS) is 12.1. The second-order valence-corrected chi connectivity index (χ2v) is 3.20. The fourth-order valence-corrected chi connectivity index (χ4v) is 1.32. The molecule has 4 nitrogen and oxygen atoms in total. The smallest absolute Gasteiger partial charge is 0.373 e. The summed E-state index contributed by atoms with van der Waals surface area (Å²) in [6, 6.07) is 8.64. The second-order valence-electron chi connectivity index (χ2n) is 3.20. The van der Waals surface area contributed by atoms with E-state index in [0.29, 0.717) is 6.42 Å². The highest BCUT2D eigenvalue weighted by Gasteiger charge is 2.23. The summed E-state index contributed by atoms with van der Waals surface area (Å²) < 4.78 is 0. The first kappa shape index (κ1) is 11.4. The zero-order valence-electron chi connectivity index (χ0n) is 8.43. The maximum absolute atomic E-state index is 11.2. The van der Waals surface area contributed by atoms with Crippen LogP contribution in [0.15, 0.2) is 30.3 Å². The Bertz CT molecular complexity index is 348. The van der Waals surface area contributed by atoms with Gasteiger partial charge in [-0.3, -0.25) is 4.79 Å². The first-order valence-electron chi connectivity index (χ1n) is 4.63. The highest BCUT2D eigenvalue weighted by Crippen LogP contribution is 2.03. The van der Waals surface area contributed by atoms with Gasteiger partial charge in [0.1, 0.15) is 0 Å². The van der Waals surface area contributed by atoms with Crippen LogP contribution in [0.25, 0.3) is 0 Å². The lowest BCUT2D eigenvalue weighted by Crippen LogP contribution is -2.40. The Hall–Kier alpha value is -1.68. The van der Waals surface area contributed by atoms with Crippen LogP contribution in [0.2, 0.25) is 0 Å². The Morgan fingerprint density at radius 1 is 1.33 bits per heavy atom. The highest BCUT2D eigenvalue weighted by atomic mass is 16.4. The molecule has 0 aliphatic heterocycles. The van der Waals surface area contributed by atoms with Gasteiger partial charge in [0.25, 0.3) is 5.78 Å². The van der Waals surface area contributed by atoms with E-state index in [1.54, 1.807) is 7.05 Å². The van der Waals surface area contributed by atoms with Crippen molar-refractivity contribution in [1.82, 2.24) is 5.32 Å². The molecule has 0 radical (unpaired) electrons. The third kappa shape index (κ3) is 3.18. The van der Waals surface area contributed by atoms with E-state index < -0.39 is 17.8 Å². The minimum atomic E-state index is -1.40. The minimum Gasteiger partial charge on any atom is -0.475 e. The van der Waals surface area contributed by atoms with Crippen LogP contribution in [0.1, 0.15) is 5.56 Å². The molecule has 2 N–H and O–H groups in total. The first-order chi connectivity index (χ1) is 7.15. The third-order valence-electron chi connectivity index (χ3n) is 2.16. The number of carbonyl (C=O) groups excluding carboxylic acids is 1. The molecule has 0 saturated heterocycles. The van der Waals surface area contributed by atoms with Gasteiger partial charge in [-0.05, 0) is 19.0 Å². The fraction of sp³-hybridized carbons (Fsp3) is 0.273. The van der Waals surface area contributed by atoms with Crippen LogP contribution in [-0.4, -0.2) is 29.9 Å². The number of rotatable bonds is 5. The third-order valence-corrected chi connectivity index (χ3v) is 2.16. The van der Waals surface area contributed by atoms with E-state index in [0.717, 1.165) is 5.56 Å². The van der Waals surface area contributed by atoms with Gasteiger partial charge in [-0.25, -0.2) is 4.79 Å². The van der Waals surface area contributed by atoms with Crippen molar-refractivity contribution in [2.24, 2.45) is 0 Å². The number of hydrogen-bond donors (Lipinski definition) is 2. The van der Waals surface area contributed by atoms with Crippen LogP contribution in [-0.2, 0) is 16.0 Å². The molecule has 0 heterocycles. The second kappa shape index (κ2) is 5.26. The van der Waals surface area contributed by atoms with Gasteiger partial charge in [0.15, 0.2) is 0 Å². The Kier molecular flexibility index (Phi) is 4.00. The molecule has 0 unspecified atom stereocenters. The average molecular weight is 207 g/mol. The van der Waals surface area contributed by atoms with Gasteiger partial charge in [-0.2, -0.15) is 0 Å². The zero-order chi connectivity index (χ0) is 11.3. The van der Waals surface area contributed by atoms with Crippen LogP contribution in [0.5, 0.6) is 0 Å². The van der Waals surface area contributed by atoms with Crippen LogP contribution in [0.3, 0.4) is 0 Å².